The Morgan fingerprint density at radius 3 is 2.48 bits per heavy atom. The molecule has 0 radical (unpaired) electrons. The highest BCUT2D eigenvalue weighted by atomic mass is 16.2. The van der Waals surface area contributed by atoms with Crippen molar-refractivity contribution in [2.45, 2.75) is 63.5 Å². The van der Waals surface area contributed by atoms with Crippen LogP contribution in [0.1, 0.15) is 56.9 Å². The fourth-order valence-electron chi connectivity index (χ4n) is 5.15. The number of anilines is 2. The fourth-order valence-corrected chi connectivity index (χ4v) is 5.15. The molecule has 2 aromatic rings. The van der Waals surface area contributed by atoms with Crippen LogP contribution in [0.3, 0.4) is 0 Å². The molecule has 6 rings (SSSR count). The lowest BCUT2D eigenvalue weighted by atomic mass is 10.0. The minimum Gasteiger partial charge on any atom is -0.351 e. The Bertz CT molecular complexity index is 1110. The fraction of sp³-hybridized carbons (Fsp3) is 0.609. The standard InChI is InChI=1S/C23H30N8O2/c32-19-13-15(21(33)26-19)12-16-14-24-31-20(16)27-22(28-23(31)25-17-4-5-17)30-10-6-18(7-11-30)29-8-2-1-3-9-29/h12,14,17-18H,1-11,13H2,(H,25,27,28)(H,26,32,33)/b15-12+. The van der Waals surface area contributed by atoms with Crippen molar-refractivity contribution in [2.24, 2.45) is 0 Å². The first-order valence-corrected chi connectivity index (χ1v) is 12.2. The molecule has 0 spiro atoms. The smallest absolute Gasteiger partial charge is 0.254 e. The second-order valence-electron chi connectivity index (χ2n) is 9.64. The molecule has 3 aliphatic heterocycles. The molecule has 33 heavy (non-hydrogen) atoms. The summed E-state index contributed by atoms with van der Waals surface area (Å²) in [6, 6.07) is 1.08. The summed E-state index contributed by atoms with van der Waals surface area (Å²) in [5.74, 6) is 0.776. The molecule has 4 fully saturated rings. The Morgan fingerprint density at radius 2 is 1.79 bits per heavy atom. The van der Waals surface area contributed by atoms with Crippen LogP contribution in [0.25, 0.3) is 11.7 Å². The van der Waals surface area contributed by atoms with E-state index in [2.05, 4.69) is 25.5 Å². The summed E-state index contributed by atoms with van der Waals surface area (Å²) in [6.45, 7) is 4.32. The Hall–Kier alpha value is -3.01. The maximum Gasteiger partial charge on any atom is 0.254 e. The van der Waals surface area contributed by atoms with Crippen molar-refractivity contribution >= 4 is 35.4 Å². The van der Waals surface area contributed by atoms with E-state index < -0.39 is 0 Å². The number of nitrogens with one attached hydrogen (secondary N) is 2. The van der Waals surface area contributed by atoms with Crippen LogP contribution in [0.15, 0.2) is 11.8 Å². The highest BCUT2D eigenvalue weighted by Crippen LogP contribution is 2.28. The Kier molecular flexibility index (Phi) is 5.24. The lowest BCUT2D eigenvalue weighted by Crippen LogP contribution is -2.47. The van der Waals surface area contributed by atoms with E-state index >= 15 is 0 Å². The van der Waals surface area contributed by atoms with E-state index in [4.69, 9.17) is 9.97 Å². The minimum absolute atomic E-state index is 0.0886. The Morgan fingerprint density at radius 1 is 1.00 bits per heavy atom. The number of imide groups is 1. The van der Waals surface area contributed by atoms with Crippen LogP contribution in [0, 0.1) is 0 Å². The largest absolute Gasteiger partial charge is 0.351 e. The molecule has 3 saturated heterocycles. The van der Waals surface area contributed by atoms with E-state index in [9.17, 15) is 9.59 Å². The van der Waals surface area contributed by atoms with Crippen LogP contribution in [0.4, 0.5) is 11.9 Å². The normalized spacial score (nSPS) is 24.1. The number of likely N-dealkylation sites (tertiary alicyclic amines) is 1. The average Bonchev–Trinajstić information content (AvgIpc) is 3.47. The number of fused-ring (bicyclic) bond motifs is 1. The van der Waals surface area contributed by atoms with Crippen molar-refractivity contribution in [3.63, 3.8) is 0 Å². The number of hydrogen-bond donors (Lipinski definition) is 2. The van der Waals surface area contributed by atoms with Crippen LogP contribution < -0.4 is 15.5 Å². The summed E-state index contributed by atoms with van der Waals surface area (Å²) >= 11 is 0. The molecule has 1 aliphatic carbocycles. The first-order valence-electron chi connectivity index (χ1n) is 12.2. The van der Waals surface area contributed by atoms with Crippen LogP contribution in [-0.4, -0.2) is 74.6 Å². The first kappa shape index (κ1) is 20.6. The average molecular weight is 451 g/mol. The van der Waals surface area contributed by atoms with Gasteiger partial charge in [0, 0.05) is 36.3 Å². The first-order chi connectivity index (χ1) is 16.1. The van der Waals surface area contributed by atoms with Gasteiger partial charge in [0.15, 0.2) is 5.65 Å². The highest BCUT2D eigenvalue weighted by molar-refractivity contribution is 6.15. The number of aromatic nitrogens is 4. The molecule has 0 unspecified atom stereocenters. The number of amides is 2. The van der Waals surface area contributed by atoms with Crippen molar-refractivity contribution < 1.29 is 9.59 Å². The zero-order valence-electron chi connectivity index (χ0n) is 18.8. The lowest BCUT2D eigenvalue weighted by Gasteiger charge is -2.40. The van der Waals surface area contributed by atoms with Crippen LogP contribution in [0.5, 0.6) is 0 Å². The zero-order chi connectivity index (χ0) is 22.4. The Labute approximate surface area is 192 Å². The van der Waals surface area contributed by atoms with Crippen molar-refractivity contribution in [1.82, 2.24) is 29.8 Å². The van der Waals surface area contributed by atoms with Gasteiger partial charge in [0.05, 0.1) is 12.6 Å². The topological polar surface area (TPSA) is 108 Å². The molecular formula is C23H30N8O2. The molecule has 2 aromatic heterocycles. The number of hydrogen-bond acceptors (Lipinski definition) is 8. The monoisotopic (exact) mass is 450 g/mol. The predicted octanol–water partition coefficient (Wildman–Crippen LogP) is 1.58. The number of carbonyl (C=O) groups excluding carboxylic acids is 2. The molecule has 4 aliphatic rings. The van der Waals surface area contributed by atoms with E-state index in [-0.39, 0.29) is 18.2 Å². The molecule has 174 valence electrons. The van der Waals surface area contributed by atoms with Gasteiger partial charge in [0.1, 0.15) is 0 Å². The van der Waals surface area contributed by atoms with E-state index in [0.29, 0.717) is 35.2 Å². The predicted molar refractivity (Wildman–Crippen MR) is 124 cm³/mol. The summed E-state index contributed by atoms with van der Waals surface area (Å²) in [7, 11) is 0. The molecule has 2 amide bonds. The second-order valence-corrected chi connectivity index (χ2v) is 9.64. The van der Waals surface area contributed by atoms with Gasteiger partial charge in [-0.25, -0.2) is 0 Å². The minimum atomic E-state index is -0.343. The quantitative estimate of drug-likeness (QED) is 0.522. The van der Waals surface area contributed by atoms with Gasteiger partial charge in [-0.3, -0.25) is 14.9 Å². The maximum absolute atomic E-state index is 12.1. The van der Waals surface area contributed by atoms with Gasteiger partial charge < -0.3 is 15.1 Å². The molecule has 0 bridgehead atoms. The van der Waals surface area contributed by atoms with E-state index in [0.717, 1.165) is 44.3 Å². The van der Waals surface area contributed by atoms with Crippen LogP contribution >= 0.6 is 0 Å². The molecule has 1 saturated carbocycles. The summed E-state index contributed by atoms with van der Waals surface area (Å²) in [5.41, 5.74) is 1.82. The van der Waals surface area contributed by atoms with Gasteiger partial charge in [-0.15, -0.1) is 0 Å². The number of carbonyl (C=O) groups is 2. The van der Waals surface area contributed by atoms with Gasteiger partial charge in [-0.1, -0.05) is 6.42 Å². The second kappa shape index (κ2) is 8.40. The zero-order valence-corrected chi connectivity index (χ0v) is 18.8. The van der Waals surface area contributed by atoms with E-state index in [1.165, 1.54) is 32.4 Å². The van der Waals surface area contributed by atoms with Gasteiger partial charge in [-0.05, 0) is 57.7 Å². The SMILES string of the molecule is O=C1C/C(=C\c2cnn3c(NC4CC4)nc(N4CCC(N5CCCCC5)CC4)nc23)C(=O)N1. The summed E-state index contributed by atoms with van der Waals surface area (Å²) in [6.07, 6.45) is 12.0. The summed E-state index contributed by atoms with van der Waals surface area (Å²) in [5, 5.41) is 10.3. The molecule has 10 heteroatoms. The molecule has 0 atom stereocenters. The Balaban J connectivity index is 1.28. The lowest BCUT2D eigenvalue weighted by molar-refractivity contribution is -0.124. The number of piperidine rings is 2. The summed E-state index contributed by atoms with van der Waals surface area (Å²) < 4.78 is 1.71. The third kappa shape index (κ3) is 4.19. The third-order valence-electron chi connectivity index (χ3n) is 7.17. The van der Waals surface area contributed by atoms with E-state index in [1.807, 2.05) is 0 Å². The maximum atomic E-state index is 12.1. The third-order valence-corrected chi connectivity index (χ3v) is 7.17. The number of nitrogens with zero attached hydrogens (tertiary/aromatic N) is 6. The van der Waals surface area contributed by atoms with Gasteiger partial charge in [0.2, 0.25) is 17.8 Å². The van der Waals surface area contributed by atoms with Crippen molar-refractivity contribution in [3.8, 4) is 0 Å². The molecule has 2 N–H and O–H groups in total. The van der Waals surface area contributed by atoms with Crippen LogP contribution in [0.2, 0.25) is 0 Å². The van der Waals surface area contributed by atoms with Crippen LogP contribution in [-0.2, 0) is 9.59 Å². The number of rotatable bonds is 5. The van der Waals surface area contributed by atoms with Gasteiger partial charge in [0.25, 0.3) is 5.91 Å². The summed E-state index contributed by atoms with van der Waals surface area (Å²) in [4.78, 5) is 38.3. The van der Waals surface area contributed by atoms with Gasteiger partial charge >= 0.3 is 0 Å². The highest BCUT2D eigenvalue weighted by Gasteiger charge is 2.29. The van der Waals surface area contributed by atoms with Crippen molar-refractivity contribution in [3.05, 3.63) is 17.3 Å². The van der Waals surface area contributed by atoms with E-state index in [1.54, 1.807) is 16.8 Å². The van der Waals surface area contributed by atoms with Gasteiger partial charge in [-0.2, -0.15) is 19.6 Å². The molecular weight excluding hydrogens is 420 g/mol. The molecule has 0 aromatic carbocycles. The molecule has 10 nitrogen and oxygen atoms in total. The molecule has 5 heterocycles. The van der Waals surface area contributed by atoms with Crippen molar-refractivity contribution in [2.75, 3.05) is 36.4 Å². The van der Waals surface area contributed by atoms with Crippen molar-refractivity contribution in [1.29, 1.82) is 0 Å².